The minimum absolute atomic E-state index is 0.0840. The largest absolute Gasteiger partial charge is 0.494 e. The molecule has 2 aromatic carbocycles. The first-order valence-corrected chi connectivity index (χ1v) is 10.6. The van der Waals surface area contributed by atoms with Gasteiger partial charge in [-0.2, -0.15) is 5.10 Å². The van der Waals surface area contributed by atoms with Crippen LogP contribution in [0.5, 0.6) is 5.88 Å². The van der Waals surface area contributed by atoms with E-state index < -0.39 is 0 Å². The molecule has 0 aliphatic carbocycles. The summed E-state index contributed by atoms with van der Waals surface area (Å²) in [6.45, 7) is 2.49. The van der Waals surface area contributed by atoms with Crippen LogP contribution in [0.15, 0.2) is 70.7 Å². The zero-order chi connectivity index (χ0) is 22.8. The van der Waals surface area contributed by atoms with Crippen molar-refractivity contribution in [3.63, 3.8) is 0 Å². The first-order valence-electron chi connectivity index (χ1n) is 10.6. The number of aromatic hydroxyl groups is 1. The van der Waals surface area contributed by atoms with Crippen molar-refractivity contribution < 1.29 is 9.90 Å². The number of amides is 1. The van der Waals surface area contributed by atoms with E-state index in [2.05, 4.69) is 36.5 Å². The Morgan fingerprint density at radius 2 is 2.00 bits per heavy atom. The summed E-state index contributed by atoms with van der Waals surface area (Å²) in [6, 6.07) is 15.5. The highest BCUT2D eigenvalue weighted by atomic mass is 16.3. The lowest BCUT2D eigenvalue weighted by molar-refractivity contribution is 0.102. The highest BCUT2D eigenvalue weighted by molar-refractivity contribution is 6.08. The van der Waals surface area contributed by atoms with Crippen molar-refractivity contribution in [2.45, 2.75) is 13.3 Å². The molecule has 33 heavy (non-hydrogen) atoms. The standard InChI is InChI=1S/C25H22N6O2/c1-15-11-22(31-30-15)25(33)28-18-7-4-16(5-8-18)12-17-6-9-21-19(13-17)20(24(32)29-21)14-27-23-3-2-10-26-23/h2-9,11,13-14,29,32H,10,12H2,1H3,(H,28,33)(H,30,31). The molecule has 1 amide bonds. The number of aromatic nitrogens is 3. The van der Waals surface area contributed by atoms with Crippen LogP contribution in [0.3, 0.4) is 0 Å². The van der Waals surface area contributed by atoms with Gasteiger partial charge in [-0.1, -0.05) is 24.3 Å². The minimum Gasteiger partial charge on any atom is -0.494 e. The number of carbonyl (C=O) groups excluding carboxylic acids is 1. The molecule has 1 aliphatic heterocycles. The van der Waals surface area contributed by atoms with E-state index in [-0.39, 0.29) is 11.8 Å². The van der Waals surface area contributed by atoms with Crippen molar-refractivity contribution in [2.75, 3.05) is 11.9 Å². The Morgan fingerprint density at radius 3 is 2.73 bits per heavy atom. The first kappa shape index (κ1) is 20.4. The van der Waals surface area contributed by atoms with Crippen molar-refractivity contribution in [1.82, 2.24) is 15.2 Å². The molecule has 1 aliphatic rings. The number of amidine groups is 1. The molecule has 0 saturated carbocycles. The zero-order valence-electron chi connectivity index (χ0n) is 18.0. The summed E-state index contributed by atoms with van der Waals surface area (Å²) in [5.74, 6) is 0.480. The molecule has 0 bridgehead atoms. The third-order valence-electron chi connectivity index (χ3n) is 5.39. The normalized spacial score (nSPS) is 13.2. The fourth-order valence-corrected chi connectivity index (χ4v) is 3.73. The second kappa shape index (κ2) is 8.58. The molecule has 0 unspecified atom stereocenters. The van der Waals surface area contributed by atoms with Crippen LogP contribution in [-0.2, 0) is 6.42 Å². The highest BCUT2D eigenvalue weighted by Gasteiger charge is 2.12. The molecule has 0 spiro atoms. The molecule has 164 valence electrons. The molecule has 4 aromatic rings. The van der Waals surface area contributed by atoms with Gasteiger partial charge in [-0.15, -0.1) is 0 Å². The number of hydrogen-bond donors (Lipinski definition) is 4. The van der Waals surface area contributed by atoms with Gasteiger partial charge in [0.1, 0.15) is 5.84 Å². The Kier molecular flexibility index (Phi) is 5.32. The predicted octanol–water partition coefficient (Wildman–Crippen LogP) is 4.14. The number of aromatic amines is 2. The second-order valence-corrected chi connectivity index (χ2v) is 7.89. The number of hydrogen-bond acceptors (Lipinski definition) is 5. The lowest BCUT2D eigenvalue weighted by atomic mass is 10.0. The van der Waals surface area contributed by atoms with Crippen molar-refractivity contribution in [3.8, 4) is 5.88 Å². The van der Waals surface area contributed by atoms with Crippen molar-refractivity contribution in [1.29, 1.82) is 0 Å². The third kappa shape index (κ3) is 4.45. The van der Waals surface area contributed by atoms with Crippen molar-refractivity contribution >= 4 is 34.5 Å². The number of nitrogens with zero attached hydrogens (tertiary/aromatic N) is 3. The smallest absolute Gasteiger partial charge is 0.276 e. The summed E-state index contributed by atoms with van der Waals surface area (Å²) in [5.41, 5.74) is 5.57. The number of anilines is 1. The monoisotopic (exact) mass is 438 g/mol. The maximum absolute atomic E-state index is 12.3. The molecule has 0 saturated heterocycles. The van der Waals surface area contributed by atoms with Gasteiger partial charge in [0.2, 0.25) is 0 Å². The number of nitrogens with one attached hydrogen (secondary N) is 3. The molecule has 2 aromatic heterocycles. The zero-order valence-corrected chi connectivity index (χ0v) is 18.0. The molecule has 3 heterocycles. The third-order valence-corrected chi connectivity index (χ3v) is 5.39. The van der Waals surface area contributed by atoms with E-state index in [1.807, 2.05) is 55.5 Å². The Morgan fingerprint density at radius 1 is 1.18 bits per heavy atom. The van der Waals surface area contributed by atoms with Crippen molar-refractivity contribution in [3.05, 3.63) is 88.8 Å². The number of aryl methyl sites for hydroxylation is 1. The summed E-state index contributed by atoms with van der Waals surface area (Å²) in [6.07, 6.45) is 6.15. The molecule has 5 rings (SSSR count). The number of aliphatic imine (C=N–C) groups is 2. The number of carbonyl (C=O) groups is 1. The molecule has 4 N–H and O–H groups in total. The van der Waals surface area contributed by atoms with Gasteiger partial charge in [-0.25, -0.2) is 4.99 Å². The van der Waals surface area contributed by atoms with E-state index in [9.17, 15) is 9.90 Å². The van der Waals surface area contributed by atoms with E-state index in [1.54, 1.807) is 12.3 Å². The summed E-state index contributed by atoms with van der Waals surface area (Å²) in [5, 5.41) is 20.8. The van der Waals surface area contributed by atoms with Gasteiger partial charge in [-0.3, -0.25) is 14.9 Å². The van der Waals surface area contributed by atoms with E-state index in [4.69, 9.17) is 0 Å². The fourth-order valence-electron chi connectivity index (χ4n) is 3.73. The van der Waals surface area contributed by atoms with Crippen LogP contribution in [-0.4, -0.2) is 44.8 Å². The maximum atomic E-state index is 12.3. The van der Waals surface area contributed by atoms with Gasteiger partial charge in [-0.05, 0) is 60.9 Å². The Balaban J connectivity index is 1.32. The number of fused-ring (bicyclic) bond motifs is 1. The van der Waals surface area contributed by atoms with E-state index in [0.29, 0.717) is 35.7 Å². The molecule has 8 heteroatoms. The molecule has 0 fully saturated rings. The van der Waals surface area contributed by atoms with Gasteiger partial charge in [0.15, 0.2) is 11.6 Å². The average Bonchev–Trinajstić information content (AvgIpc) is 3.54. The van der Waals surface area contributed by atoms with Crippen LogP contribution >= 0.6 is 0 Å². The quantitative estimate of drug-likeness (QED) is 0.351. The van der Waals surface area contributed by atoms with Crippen LogP contribution in [0.1, 0.15) is 32.9 Å². The lowest BCUT2D eigenvalue weighted by Crippen LogP contribution is -2.12. The average molecular weight is 438 g/mol. The molecule has 8 nitrogen and oxygen atoms in total. The Bertz CT molecular complexity index is 1420. The number of rotatable bonds is 5. The minimum atomic E-state index is -0.252. The van der Waals surface area contributed by atoms with Gasteiger partial charge >= 0.3 is 0 Å². The van der Waals surface area contributed by atoms with E-state index in [0.717, 1.165) is 27.7 Å². The van der Waals surface area contributed by atoms with Crippen LogP contribution < -0.4 is 5.32 Å². The lowest BCUT2D eigenvalue weighted by Gasteiger charge is -2.06. The van der Waals surface area contributed by atoms with E-state index >= 15 is 0 Å². The van der Waals surface area contributed by atoms with Crippen LogP contribution in [0.25, 0.3) is 10.9 Å². The Labute approximate surface area is 189 Å². The maximum Gasteiger partial charge on any atom is 0.276 e. The Hall–Kier alpha value is -4.46. The summed E-state index contributed by atoms with van der Waals surface area (Å²) < 4.78 is 0. The highest BCUT2D eigenvalue weighted by Crippen LogP contribution is 2.27. The summed E-state index contributed by atoms with van der Waals surface area (Å²) in [4.78, 5) is 23.9. The summed E-state index contributed by atoms with van der Waals surface area (Å²) in [7, 11) is 0. The summed E-state index contributed by atoms with van der Waals surface area (Å²) >= 11 is 0. The van der Waals surface area contributed by atoms with Gasteiger partial charge < -0.3 is 15.4 Å². The predicted molar refractivity (Wildman–Crippen MR) is 130 cm³/mol. The SMILES string of the molecule is Cc1cc(C(=O)Nc2ccc(Cc3ccc4[nH]c(O)c(C=NC5=NCC=C5)c4c3)cc2)n[nH]1. The molecular weight excluding hydrogens is 416 g/mol. The topological polar surface area (TPSA) is 119 Å². The molecular formula is C25H22N6O2. The molecule has 0 atom stereocenters. The number of H-pyrrole nitrogens is 2. The fraction of sp³-hybridized carbons (Fsp3) is 0.120. The van der Waals surface area contributed by atoms with Gasteiger partial charge in [0, 0.05) is 28.5 Å². The first-order chi connectivity index (χ1) is 16.0. The van der Waals surface area contributed by atoms with Crippen molar-refractivity contribution in [2.24, 2.45) is 9.98 Å². The van der Waals surface area contributed by atoms with Gasteiger partial charge in [0.25, 0.3) is 5.91 Å². The van der Waals surface area contributed by atoms with Crippen LogP contribution in [0.4, 0.5) is 5.69 Å². The van der Waals surface area contributed by atoms with Gasteiger partial charge in [0.05, 0.1) is 12.1 Å². The van der Waals surface area contributed by atoms with Crippen LogP contribution in [0.2, 0.25) is 0 Å². The number of benzene rings is 2. The van der Waals surface area contributed by atoms with Crippen LogP contribution in [0, 0.1) is 6.92 Å². The molecule has 0 radical (unpaired) electrons. The van der Waals surface area contributed by atoms with E-state index in [1.165, 1.54) is 0 Å². The second-order valence-electron chi connectivity index (χ2n) is 7.89.